The molecule has 7 heteroatoms. The Morgan fingerprint density at radius 2 is 2.35 bits per heavy atom. The summed E-state index contributed by atoms with van der Waals surface area (Å²) in [6.45, 7) is 0.103. The van der Waals surface area contributed by atoms with Crippen molar-refractivity contribution in [3.8, 4) is 0 Å². The second-order valence-electron chi connectivity index (χ2n) is 3.82. The molecule has 0 amide bonds. The summed E-state index contributed by atoms with van der Waals surface area (Å²) in [7, 11) is 0. The number of hydrogen-bond acceptors (Lipinski definition) is 3. The van der Waals surface area contributed by atoms with Gasteiger partial charge in [0.2, 0.25) is 0 Å². The highest BCUT2D eigenvalue weighted by atomic mass is 19.3. The Bertz CT molecular complexity index is 417. The summed E-state index contributed by atoms with van der Waals surface area (Å²) in [4.78, 5) is 11.5. The Morgan fingerprint density at radius 1 is 1.59 bits per heavy atom. The van der Waals surface area contributed by atoms with Crippen molar-refractivity contribution < 1.29 is 8.78 Å². The second kappa shape index (κ2) is 5.03. The number of nitrogens with one attached hydrogen (secondary N) is 1. The molecular formula is C10H13F2N5. The van der Waals surface area contributed by atoms with E-state index >= 15 is 0 Å². The van der Waals surface area contributed by atoms with Crippen molar-refractivity contribution in [2.45, 2.75) is 31.9 Å². The number of nitrogens with two attached hydrogens (primary N) is 1. The molecule has 17 heavy (non-hydrogen) atoms. The maximum Gasteiger partial charge on any atom is 0.280 e. The SMILES string of the molecule is NC(=NCc1nccc(C(F)F)n1)NC1CC1. The van der Waals surface area contributed by atoms with Gasteiger partial charge in [-0.05, 0) is 18.9 Å². The fraction of sp³-hybridized carbons (Fsp3) is 0.500. The lowest BCUT2D eigenvalue weighted by Gasteiger charge is -2.03. The number of aromatic nitrogens is 2. The molecule has 1 aromatic heterocycles. The standard InChI is InChI=1S/C10H13F2N5/c11-9(12)7-3-4-14-8(17-7)5-15-10(13)16-6-1-2-6/h3-4,6,9H,1-2,5H2,(H3,13,15,16). The van der Waals surface area contributed by atoms with Crippen LogP contribution in [0.3, 0.4) is 0 Å². The largest absolute Gasteiger partial charge is 0.370 e. The lowest BCUT2D eigenvalue weighted by molar-refractivity contribution is 0.145. The average molecular weight is 241 g/mol. The second-order valence-corrected chi connectivity index (χ2v) is 3.82. The molecule has 0 aromatic carbocycles. The van der Waals surface area contributed by atoms with Gasteiger partial charge >= 0.3 is 0 Å². The van der Waals surface area contributed by atoms with Crippen LogP contribution in [0.1, 0.15) is 30.8 Å². The Hall–Kier alpha value is -1.79. The van der Waals surface area contributed by atoms with Gasteiger partial charge in [-0.3, -0.25) is 0 Å². The number of rotatable bonds is 4. The summed E-state index contributed by atoms with van der Waals surface area (Å²) in [5.41, 5.74) is 5.30. The van der Waals surface area contributed by atoms with Crippen LogP contribution in [0.2, 0.25) is 0 Å². The predicted molar refractivity (Wildman–Crippen MR) is 58.5 cm³/mol. The molecule has 1 aromatic rings. The van der Waals surface area contributed by atoms with E-state index in [9.17, 15) is 8.78 Å². The maximum atomic E-state index is 12.4. The molecule has 1 saturated carbocycles. The van der Waals surface area contributed by atoms with E-state index in [0.29, 0.717) is 12.0 Å². The Kier molecular flexibility index (Phi) is 3.46. The molecule has 5 nitrogen and oxygen atoms in total. The van der Waals surface area contributed by atoms with Gasteiger partial charge in [0.05, 0.1) is 0 Å². The zero-order valence-electron chi connectivity index (χ0n) is 9.11. The van der Waals surface area contributed by atoms with Crippen molar-refractivity contribution >= 4 is 5.96 Å². The summed E-state index contributed by atoms with van der Waals surface area (Å²) in [6, 6.07) is 1.59. The van der Waals surface area contributed by atoms with Gasteiger partial charge in [0.15, 0.2) is 5.96 Å². The van der Waals surface area contributed by atoms with E-state index in [2.05, 4.69) is 20.3 Å². The molecule has 0 aliphatic heterocycles. The van der Waals surface area contributed by atoms with Crippen molar-refractivity contribution in [1.82, 2.24) is 15.3 Å². The van der Waals surface area contributed by atoms with Crippen molar-refractivity contribution in [2.24, 2.45) is 10.7 Å². The molecule has 0 radical (unpaired) electrons. The Labute approximate surface area is 97.2 Å². The van der Waals surface area contributed by atoms with Crippen molar-refractivity contribution in [2.75, 3.05) is 0 Å². The van der Waals surface area contributed by atoms with Crippen LogP contribution in [-0.4, -0.2) is 22.0 Å². The minimum absolute atomic E-state index is 0.103. The Morgan fingerprint density at radius 3 is 3.00 bits per heavy atom. The van der Waals surface area contributed by atoms with Crippen LogP contribution < -0.4 is 11.1 Å². The monoisotopic (exact) mass is 241 g/mol. The van der Waals surface area contributed by atoms with Crippen molar-refractivity contribution in [3.63, 3.8) is 0 Å². The van der Waals surface area contributed by atoms with Crippen LogP contribution in [0.4, 0.5) is 8.78 Å². The minimum atomic E-state index is -2.59. The van der Waals surface area contributed by atoms with E-state index in [1.54, 1.807) is 0 Å². The van der Waals surface area contributed by atoms with Gasteiger partial charge in [0.25, 0.3) is 6.43 Å². The summed E-state index contributed by atoms with van der Waals surface area (Å²) in [5, 5.41) is 2.99. The van der Waals surface area contributed by atoms with E-state index in [1.165, 1.54) is 12.3 Å². The van der Waals surface area contributed by atoms with E-state index < -0.39 is 6.43 Å². The molecule has 1 fully saturated rings. The molecule has 0 unspecified atom stereocenters. The third-order valence-corrected chi connectivity index (χ3v) is 2.27. The first kappa shape index (κ1) is 11.7. The van der Waals surface area contributed by atoms with Crippen molar-refractivity contribution in [1.29, 1.82) is 0 Å². The van der Waals surface area contributed by atoms with Gasteiger partial charge in [-0.25, -0.2) is 23.7 Å². The number of guanidine groups is 1. The summed E-state index contributed by atoms with van der Waals surface area (Å²) in [5.74, 6) is 0.543. The van der Waals surface area contributed by atoms with E-state index in [1.807, 2.05) is 0 Å². The van der Waals surface area contributed by atoms with Crippen molar-refractivity contribution in [3.05, 3.63) is 23.8 Å². The molecule has 1 aliphatic carbocycles. The van der Waals surface area contributed by atoms with Gasteiger partial charge in [-0.2, -0.15) is 0 Å². The number of aliphatic imine (C=N–C) groups is 1. The molecular weight excluding hydrogens is 228 g/mol. The smallest absolute Gasteiger partial charge is 0.280 e. The lowest BCUT2D eigenvalue weighted by Crippen LogP contribution is -2.33. The van der Waals surface area contributed by atoms with E-state index in [0.717, 1.165) is 12.8 Å². The van der Waals surface area contributed by atoms with Gasteiger partial charge in [0.1, 0.15) is 18.1 Å². The van der Waals surface area contributed by atoms with E-state index in [-0.39, 0.29) is 18.1 Å². The maximum absolute atomic E-state index is 12.4. The normalized spacial score (nSPS) is 16.3. The Balaban J connectivity index is 1.95. The van der Waals surface area contributed by atoms with Crippen LogP contribution in [0, 0.1) is 0 Å². The van der Waals surface area contributed by atoms with Gasteiger partial charge in [-0.15, -0.1) is 0 Å². The van der Waals surface area contributed by atoms with Gasteiger partial charge in [-0.1, -0.05) is 0 Å². The molecule has 3 N–H and O–H groups in total. The number of hydrogen-bond donors (Lipinski definition) is 2. The highest BCUT2D eigenvalue weighted by Crippen LogP contribution is 2.18. The number of halogens is 2. The topological polar surface area (TPSA) is 76.2 Å². The summed E-state index contributed by atoms with van der Waals surface area (Å²) in [6.07, 6.45) is 0.882. The predicted octanol–water partition coefficient (Wildman–Crippen LogP) is 0.981. The van der Waals surface area contributed by atoms with Gasteiger partial charge < -0.3 is 11.1 Å². The molecule has 1 aliphatic rings. The first-order valence-corrected chi connectivity index (χ1v) is 5.31. The zero-order valence-corrected chi connectivity index (χ0v) is 9.11. The molecule has 2 rings (SSSR count). The first-order valence-electron chi connectivity index (χ1n) is 5.31. The fourth-order valence-corrected chi connectivity index (χ4v) is 1.25. The molecule has 92 valence electrons. The molecule has 0 saturated heterocycles. The first-order chi connectivity index (χ1) is 8.15. The quantitative estimate of drug-likeness (QED) is 0.608. The average Bonchev–Trinajstić information content (AvgIpc) is 3.11. The van der Waals surface area contributed by atoms with E-state index in [4.69, 9.17) is 5.73 Å². The summed E-state index contributed by atoms with van der Waals surface area (Å²) < 4.78 is 24.7. The van der Waals surface area contributed by atoms with Crippen LogP contribution in [0.25, 0.3) is 0 Å². The summed E-state index contributed by atoms with van der Waals surface area (Å²) >= 11 is 0. The molecule has 0 atom stereocenters. The molecule has 1 heterocycles. The molecule has 0 spiro atoms. The van der Waals surface area contributed by atoms with Gasteiger partial charge in [0, 0.05) is 12.2 Å². The number of alkyl halides is 2. The zero-order chi connectivity index (χ0) is 12.3. The minimum Gasteiger partial charge on any atom is -0.370 e. The third kappa shape index (κ3) is 3.61. The highest BCUT2D eigenvalue weighted by molar-refractivity contribution is 5.78. The fourth-order valence-electron chi connectivity index (χ4n) is 1.25. The third-order valence-electron chi connectivity index (χ3n) is 2.27. The van der Waals surface area contributed by atoms with Crippen LogP contribution in [-0.2, 0) is 6.54 Å². The van der Waals surface area contributed by atoms with Crippen LogP contribution in [0.5, 0.6) is 0 Å². The lowest BCUT2D eigenvalue weighted by atomic mass is 10.4. The van der Waals surface area contributed by atoms with Crippen LogP contribution in [0.15, 0.2) is 17.3 Å². The van der Waals surface area contributed by atoms with Crippen LogP contribution >= 0.6 is 0 Å². The highest BCUT2D eigenvalue weighted by Gasteiger charge is 2.21. The molecule has 0 bridgehead atoms. The number of nitrogens with zero attached hydrogens (tertiary/aromatic N) is 3.